The molecular formula is C22H22BrN3O3S. The molecule has 0 aliphatic carbocycles. The van der Waals surface area contributed by atoms with Crippen molar-refractivity contribution in [3.63, 3.8) is 0 Å². The average molecular weight is 488 g/mol. The summed E-state index contributed by atoms with van der Waals surface area (Å²) < 4.78 is 26.4. The van der Waals surface area contributed by atoms with E-state index >= 15 is 0 Å². The molecule has 0 atom stereocenters. The Bertz CT molecular complexity index is 1180. The molecule has 1 amide bonds. The quantitative estimate of drug-likeness (QED) is 0.569. The molecule has 0 aliphatic heterocycles. The number of hydrogen-bond acceptors (Lipinski definition) is 4. The molecule has 0 unspecified atom stereocenters. The minimum absolute atomic E-state index is 0.214. The van der Waals surface area contributed by atoms with Crippen molar-refractivity contribution in [3.8, 4) is 11.3 Å². The Kier molecular flexibility index (Phi) is 6.70. The summed E-state index contributed by atoms with van der Waals surface area (Å²) in [5, 5.41) is 2.86. The zero-order chi connectivity index (χ0) is 21.9. The molecule has 1 aromatic heterocycles. The molecule has 6 nitrogen and oxygen atoms in total. The van der Waals surface area contributed by atoms with Crippen LogP contribution in [0.5, 0.6) is 0 Å². The number of amides is 1. The van der Waals surface area contributed by atoms with Gasteiger partial charge in [0.25, 0.3) is 5.91 Å². The van der Waals surface area contributed by atoms with Crippen molar-refractivity contribution in [1.82, 2.24) is 14.6 Å². The summed E-state index contributed by atoms with van der Waals surface area (Å²) in [6.45, 7) is 2.09. The molecule has 2 aromatic carbocycles. The van der Waals surface area contributed by atoms with Crippen LogP contribution >= 0.6 is 15.9 Å². The van der Waals surface area contributed by atoms with Crippen molar-refractivity contribution in [2.24, 2.45) is 0 Å². The third-order valence-corrected chi connectivity index (χ3v) is 6.93. The number of carbonyl (C=O) groups excluding carboxylic acids is 1. The standard InChI is InChI=1S/C22H22BrN3O3S/c1-15-20(11-12-21(25-15)17-5-4-6-18(23)13-17)22(27)24-14-16-7-9-19(10-8-16)30(28,29)26(2)3/h4-13H,14H2,1-3H3,(H,24,27). The molecule has 3 aromatic rings. The Labute approximate surface area is 185 Å². The van der Waals surface area contributed by atoms with E-state index in [4.69, 9.17) is 0 Å². The molecule has 1 N–H and O–H groups in total. The molecule has 0 spiro atoms. The van der Waals surface area contributed by atoms with Crippen LogP contribution in [0.4, 0.5) is 0 Å². The van der Waals surface area contributed by atoms with Crippen LogP contribution in [0.2, 0.25) is 0 Å². The molecule has 0 radical (unpaired) electrons. The Balaban J connectivity index is 1.69. The lowest BCUT2D eigenvalue weighted by Crippen LogP contribution is -2.24. The summed E-state index contributed by atoms with van der Waals surface area (Å²) in [6.07, 6.45) is 0. The highest BCUT2D eigenvalue weighted by Gasteiger charge is 2.17. The van der Waals surface area contributed by atoms with Gasteiger partial charge in [0.2, 0.25) is 10.0 Å². The number of nitrogens with zero attached hydrogens (tertiary/aromatic N) is 2. The zero-order valence-corrected chi connectivity index (χ0v) is 19.3. The maximum absolute atomic E-state index is 12.6. The predicted octanol–water partition coefficient (Wildman–Crippen LogP) is 4.00. The molecule has 1 heterocycles. The highest BCUT2D eigenvalue weighted by Crippen LogP contribution is 2.22. The summed E-state index contributed by atoms with van der Waals surface area (Å²) in [5.41, 5.74) is 3.70. The van der Waals surface area contributed by atoms with Crippen LogP contribution in [0.1, 0.15) is 21.6 Å². The topological polar surface area (TPSA) is 79.4 Å². The van der Waals surface area contributed by atoms with E-state index in [1.807, 2.05) is 30.3 Å². The van der Waals surface area contributed by atoms with Gasteiger partial charge in [-0.1, -0.05) is 40.2 Å². The van der Waals surface area contributed by atoms with Gasteiger partial charge in [0.15, 0.2) is 0 Å². The van der Waals surface area contributed by atoms with E-state index in [9.17, 15) is 13.2 Å². The van der Waals surface area contributed by atoms with Gasteiger partial charge in [-0.3, -0.25) is 9.78 Å². The number of nitrogens with one attached hydrogen (secondary N) is 1. The highest BCUT2D eigenvalue weighted by molar-refractivity contribution is 9.10. The average Bonchev–Trinajstić information content (AvgIpc) is 2.72. The van der Waals surface area contributed by atoms with Crippen molar-refractivity contribution in [1.29, 1.82) is 0 Å². The largest absolute Gasteiger partial charge is 0.348 e. The van der Waals surface area contributed by atoms with Crippen molar-refractivity contribution in [3.05, 3.63) is 82.0 Å². The molecule has 0 bridgehead atoms. The Morgan fingerprint density at radius 3 is 2.37 bits per heavy atom. The molecule has 0 aliphatic rings. The van der Waals surface area contributed by atoms with E-state index in [2.05, 4.69) is 26.2 Å². The monoisotopic (exact) mass is 487 g/mol. The molecule has 0 saturated heterocycles. The van der Waals surface area contributed by atoms with Gasteiger partial charge in [0.1, 0.15) is 0 Å². The molecule has 30 heavy (non-hydrogen) atoms. The number of sulfonamides is 1. The number of benzene rings is 2. The van der Waals surface area contributed by atoms with Gasteiger partial charge in [-0.25, -0.2) is 12.7 Å². The second-order valence-corrected chi connectivity index (χ2v) is 10.0. The van der Waals surface area contributed by atoms with Crippen LogP contribution in [0.15, 0.2) is 70.0 Å². The lowest BCUT2D eigenvalue weighted by molar-refractivity contribution is 0.0950. The summed E-state index contributed by atoms with van der Waals surface area (Å²) in [4.78, 5) is 17.4. The van der Waals surface area contributed by atoms with Crippen molar-refractivity contribution < 1.29 is 13.2 Å². The van der Waals surface area contributed by atoms with E-state index in [-0.39, 0.29) is 17.3 Å². The Hall–Kier alpha value is -2.55. The third kappa shape index (κ3) is 4.95. The minimum Gasteiger partial charge on any atom is -0.348 e. The first-order chi connectivity index (χ1) is 14.2. The van der Waals surface area contributed by atoms with E-state index in [1.54, 1.807) is 25.1 Å². The van der Waals surface area contributed by atoms with E-state index in [1.165, 1.54) is 26.2 Å². The smallest absolute Gasteiger partial charge is 0.253 e. The normalized spacial score (nSPS) is 11.5. The molecule has 0 saturated carbocycles. The number of carbonyl (C=O) groups is 1. The third-order valence-electron chi connectivity index (χ3n) is 4.61. The molecule has 3 rings (SSSR count). The number of pyridine rings is 1. The van der Waals surface area contributed by atoms with Crippen molar-refractivity contribution in [2.75, 3.05) is 14.1 Å². The van der Waals surface area contributed by atoms with Crippen LogP contribution < -0.4 is 5.32 Å². The van der Waals surface area contributed by atoms with E-state index in [0.717, 1.165) is 25.6 Å². The number of aromatic nitrogens is 1. The molecule has 0 fully saturated rings. The maximum atomic E-state index is 12.6. The fourth-order valence-corrected chi connectivity index (χ4v) is 4.18. The fraction of sp³-hybridized carbons (Fsp3) is 0.182. The Morgan fingerprint density at radius 1 is 1.07 bits per heavy atom. The molecule has 8 heteroatoms. The number of hydrogen-bond donors (Lipinski definition) is 1. The van der Waals surface area contributed by atoms with Gasteiger partial charge in [0, 0.05) is 30.7 Å². The number of rotatable bonds is 6. The van der Waals surface area contributed by atoms with Crippen LogP contribution in [0.3, 0.4) is 0 Å². The summed E-state index contributed by atoms with van der Waals surface area (Å²) in [6, 6.07) is 17.9. The molecular weight excluding hydrogens is 466 g/mol. The lowest BCUT2D eigenvalue weighted by Gasteiger charge is -2.12. The molecule has 156 valence electrons. The van der Waals surface area contributed by atoms with Gasteiger partial charge in [0.05, 0.1) is 21.8 Å². The van der Waals surface area contributed by atoms with Gasteiger partial charge in [-0.05, 0) is 48.9 Å². The lowest BCUT2D eigenvalue weighted by atomic mass is 10.1. The van der Waals surface area contributed by atoms with Crippen LogP contribution in [0, 0.1) is 6.92 Å². The number of aryl methyl sites for hydroxylation is 1. The van der Waals surface area contributed by atoms with E-state index in [0.29, 0.717) is 11.3 Å². The van der Waals surface area contributed by atoms with Gasteiger partial charge in [-0.15, -0.1) is 0 Å². The van der Waals surface area contributed by atoms with Crippen LogP contribution in [0.25, 0.3) is 11.3 Å². The summed E-state index contributed by atoms with van der Waals surface area (Å²) in [7, 11) is -0.493. The van der Waals surface area contributed by atoms with Gasteiger partial charge < -0.3 is 5.32 Å². The van der Waals surface area contributed by atoms with Crippen LogP contribution in [-0.4, -0.2) is 37.7 Å². The summed E-state index contributed by atoms with van der Waals surface area (Å²) >= 11 is 3.45. The van der Waals surface area contributed by atoms with Crippen molar-refractivity contribution >= 4 is 31.9 Å². The number of halogens is 1. The first-order valence-electron chi connectivity index (χ1n) is 9.22. The van der Waals surface area contributed by atoms with E-state index < -0.39 is 10.0 Å². The summed E-state index contributed by atoms with van der Waals surface area (Å²) in [5.74, 6) is -0.231. The Morgan fingerprint density at radius 2 is 1.77 bits per heavy atom. The second kappa shape index (κ2) is 9.07. The second-order valence-electron chi connectivity index (χ2n) is 6.95. The highest BCUT2D eigenvalue weighted by atomic mass is 79.9. The maximum Gasteiger partial charge on any atom is 0.253 e. The zero-order valence-electron chi connectivity index (χ0n) is 16.9. The van der Waals surface area contributed by atoms with Crippen molar-refractivity contribution in [2.45, 2.75) is 18.4 Å². The minimum atomic E-state index is -3.47. The van der Waals surface area contributed by atoms with Crippen LogP contribution in [-0.2, 0) is 16.6 Å². The van der Waals surface area contributed by atoms with Gasteiger partial charge >= 0.3 is 0 Å². The SMILES string of the molecule is Cc1nc(-c2cccc(Br)c2)ccc1C(=O)NCc1ccc(S(=O)(=O)N(C)C)cc1. The first-order valence-corrected chi connectivity index (χ1v) is 11.4. The fourth-order valence-electron chi connectivity index (χ4n) is 2.88. The van der Waals surface area contributed by atoms with Gasteiger partial charge in [-0.2, -0.15) is 0 Å². The predicted molar refractivity (Wildman–Crippen MR) is 121 cm³/mol. The first kappa shape index (κ1) is 22.1.